The van der Waals surface area contributed by atoms with Crippen molar-refractivity contribution in [1.82, 2.24) is 9.47 Å². The summed E-state index contributed by atoms with van der Waals surface area (Å²) >= 11 is 3.10. The van der Waals surface area contributed by atoms with Crippen LogP contribution in [0.5, 0.6) is 0 Å². The molecule has 0 atom stereocenters. The Bertz CT molecular complexity index is 430. The Balaban J connectivity index is 2.91. The van der Waals surface area contributed by atoms with Gasteiger partial charge in [0.15, 0.2) is 0 Å². The lowest BCUT2D eigenvalue weighted by Gasteiger charge is -2.15. The number of anilines is 1. The smallest absolute Gasteiger partial charge is 0.242 e. The molecule has 5 nitrogen and oxygen atoms in total. The Morgan fingerprint density at radius 1 is 1.56 bits per heavy atom. The third-order valence-electron chi connectivity index (χ3n) is 2.28. The van der Waals surface area contributed by atoms with E-state index in [4.69, 9.17) is 5.73 Å². The average Bonchev–Trinajstić information content (AvgIpc) is 2.24. The Morgan fingerprint density at radius 3 is 2.69 bits per heavy atom. The van der Waals surface area contributed by atoms with Crippen molar-refractivity contribution in [3.63, 3.8) is 0 Å². The van der Waals surface area contributed by atoms with Gasteiger partial charge in [-0.2, -0.15) is 0 Å². The fourth-order valence-corrected chi connectivity index (χ4v) is 1.65. The van der Waals surface area contributed by atoms with E-state index in [0.29, 0.717) is 11.0 Å². The largest absolute Gasteiger partial charge is 0.394 e. The van der Waals surface area contributed by atoms with E-state index < -0.39 is 0 Å². The molecule has 1 amide bonds. The summed E-state index contributed by atoms with van der Waals surface area (Å²) in [6.45, 7) is 2.72. The number of hydrogen-bond acceptors (Lipinski definition) is 3. The van der Waals surface area contributed by atoms with E-state index in [1.165, 1.54) is 6.20 Å². The standard InChI is InChI=1S/C10H14BrN3O2/c1-3-13(2)9(15)6-14-4-7(11)10(16)8(12)5-14/h4-5H,3,6,12H2,1-2H3. The van der Waals surface area contributed by atoms with Crippen molar-refractivity contribution in [2.45, 2.75) is 13.5 Å². The lowest BCUT2D eigenvalue weighted by molar-refractivity contribution is -0.130. The maximum Gasteiger partial charge on any atom is 0.242 e. The molecular formula is C10H14BrN3O2. The summed E-state index contributed by atoms with van der Waals surface area (Å²) in [6, 6.07) is 0. The van der Waals surface area contributed by atoms with Gasteiger partial charge in [0.05, 0.1) is 10.2 Å². The van der Waals surface area contributed by atoms with Crippen molar-refractivity contribution in [3.05, 3.63) is 27.1 Å². The Labute approximate surface area is 102 Å². The molecule has 16 heavy (non-hydrogen) atoms. The number of nitrogens with two attached hydrogens (primary N) is 1. The van der Waals surface area contributed by atoms with E-state index in [1.807, 2.05) is 6.92 Å². The van der Waals surface area contributed by atoms with Crippen molar-refractivity contribution >= 4 is 27.5 Å². The van der Waals surface area contributed by atoms with E-state index in [-0.39, 0.29) is 23.6 Å². The van der Waals surface area contributed by atoms with Crippen molar-refractivity contribution in [2.24, 2.45) is 0 Å². The molecule has 0 saturated heterocycles. The monoisotopic (exact) mass is 287 g/mol. The van der Waals surface area contributed by atoms with Crippen LogP contribution in [0.2, 0.25) is 0 Å². The summed E-state index contributed by atoms with van der Waals surface area (Å²) in [5.41, 5.74) is 5.39. The maximum absolute atomic E-state index is 11.6. The molecule has 1 aromatic rings. The molecule has 1 aromatic heterocycles. The second-order valence-electron chi connectivity index (χ2n) is 3.47. The topological polar surface area (TPSA) is 68.3 Å². The molecule has 0 aliphatic carbocycles. The Hall–Kier alpha value is -1.30. The lowest BCUT2D eigenvalue weighted by Crippen LogP contribution is -2.30. The number of hydrogen-bond donors (Lipinski definition) is 1. The molecule has 0 saturated carbocycles. The van der Waals surface area contributed by atoms with Gasteiger partial charge in [0, 0.05) is 26.0 Å². The van der Waals surface area contributed by atoms with E-state index in [2.05, 4.69) is 15.9 Å². The minimum atomic E-state index is -0.257. The van der Waals surface area contributed by atoms with Crippen LogP contribution in [-0.4, -0.2) is 29.0 Å². The number of aromatic nitrogens is 1. The zero-order valence-electron chi connectivity index (χ0n) is 9.24. The number of pyridine rings is 1. The highest BCUT2D eigenvalue weighted by Gasteiger charge is 2.08. The summed E-state index contributed by atoms with van der Waals surface area (Å²) in [5.74, 6) is -0.0301. The number of likely N-dealkylation sites (N-methyl/N-ethyl adjacent to an activating group) is 1. The van der Waals surface area contributed by atoms with Gasteiger partial charge in [0.1, 0.15) is 6.54 Å². The minimum absolute atomic E-state index is 0.0301. The van der Waals surface area contributed by atoms with Crippen LogP contribution in [0.15, 0.2) is 21.7 Å². The molecule has 0 aliphatic rings. The molecule has 88 valence electrons. The van der Waals surface area contributed by atoms with Crippen LogP contribution >= 0.6 is 15.9 Å². The van der Waals surface area contributed by atoms with E-state index in [0.717, 1.165) is 0 Å². The molecule has 1 rings (SSSR count). The first-order chi connectivity index (χ1) is 7.45. The Morgan fingerprint density at radius 2 is 2.19 bits per heavy atom. The second-order valence-corrected chi connectivity index (χ2v) is 4.33. The van der Waals surface area contributed by atoms with Gasteiger partial charge >= 0.3 is 0 Å². The molecule has 0 bridgehead atoms. The first-order valence-electron chi connectivity index (χ1n) is 4.84. The SMILES string of the molecule is CCN(C)C(=O)Cn1cc(N)c(=O)c(Br)c1. The van der Waals surface area contributed by atoms with Gasteiger partial charge in [-0.15, -0.1) is 0 Å². The fourth-order valence-electron chi connectivity index (χ4n) is 1.16. The number of carbonyl (C=O) groups is 1. The van der Waals surface area contributed by atoms with Crippen molar-refractivity contribution < 1.29 is 4.79 Å². The van der Waals surface area contributed by atoms with Crippen LogP contribution in [0.4, 0.5) is 5.69 Å². The van der Waals surface area contributed by atoms with Crippen LogP contribution < -0.4 is 11.2 Å². The molecule has 1 heterocycles. The molecule has 0 spiro atoms. The predicted molar refractivity (Wildman–Crippen MR) is 66.1 cm³/mol. The van der Waals surface area contributed by atoms with Crippen molar-refractivity contribution in [1.29, 1.82) is 0 Å². The zero-order valence-corrected chi connectivity index (χ0v) is 10.8. The normalized spacial score (nSPS) is 10.2. The summed E-state index contributed by atoms with van der Waals surface area (Å²) in [7, 11) is 1.73. The molecular weight excluding hydrogens is 274 g/mol. The van der Waals surface area contributed by atoms with Gasteiger partial charge in [-0.3, -0.25) is 9.59 Å². The van der Waals surface area contributed by atoms with Crippen molar-refractivity contribution in [3.8, 4) is 0 Å². The van der Waals surface area contributed by atoms with Crippen LogP contribution in [-0.2, 0) is 11.3 Å². The van der Waals surface area contributed by atoms with Gasteiger partial charge in [-0.25, -0.2) is 0 Å². The van der Waals surface area contributed by atoms with Crippen LogP contribution in [0.3, 0.4) is 0 Å². The number of rotatable bonds is 3. The van der Waals surface area contributed by atoms with E-state index in [9.17, 15) is 9.59 Å². The summed E-state index contributed by atoms with van der Waals surface area (Å²) in [4.78, 5) is 24.5. The lowest BCUT2D eigenvalue weighted by atomic mass is 10.4. The highest BCUT2D eigenvalue weighted by molar-refractivity contribution is 9.10. The Kier molecular flexibility index (Phi) is 4.12. The summed E-state index contributed by atoms with van der Waals surface area (Å²) in [6.07, 6.45) is 3.02. The molecule has 2 N–H and O–H groups in total. The fraction of sp³-hybridized carbons (Fsp3) is 0.400. The number of nitrogen functional groups attached to an aromatic ring is 1. The number of halogens is 1. The summed E-state index contributed by atoms with van der Waals surface area (Å²) < 4.78 is 1.95. The second kappa shape index (κ2) is 5.16. The van der Waals surface area contributed by atoms with Gasteiger partial charge in [0.2, 0.25) is 11.3 Å². The molecule has 6 heteroatoms. The third-order valence-corrected chi connectivity index (χ3v) is 2.85. The molecule has 0 radical (unpaired) electrons. The average molecular weight is 288 g/mol. The maximum atomic E-state index is 11.6. The highest BCUT2D eigenvalue weighted by Crippen LogP contribution is 2.06. The third kappa shape index (κ3) is 2.85. The number of amides is 1. The summed E-state index contributed by atoms with van der Waals surface area (Å²) in [5, 5.41) is 0. The van der Waals surface area contributed by atoms with Crippen LogP contribution in [0, 0.1) is 0 Å². The molecule has 0 aliphatic heterocycles. The molecule has 0 aromatic carbocycles. The van der Waals surface area contributed by atoms with Crippen LogP contribution in [0.1, 0.15) is 6.92 Å². The molecule has 0 fully saturated rings. The van der Waals surface area contributed by atoms with E-state index >= 15 is 0 Å². The van der Waals surface area contributed by atoms with Gasteiger partial charge in [-0.1, -0.05) is 0 Å². The van der Waals surface area contributed by atoms with Gasteiger partial charge in [0.25, 0.3) is 0 Å². The number of nitrogens with zero attached hydrogens (tertiary/aromatic N) is 2. The van der Waals surface area contributed by atoms with E-state index in [1.54, 1.807) is 22.7 Å². The quantitative estimate of drug-likeness (QED) is 0.889. The highest BCUT2D eigenvalue weighted by atomic mass is 79.9. The first-order valence-corrected chi connectivity index (χ1v) is 5.64. The van der Waals surface area contributed by atoms with Crippen molar-refractivity contribution in [2.75, 3.05) is 19.3 Å². The minimum Gasteiger partial charge on any atom is -0.394 e. The van der Waals surface area contributed by atoms with Gasteiger partial charge in [-0.05, 0) is 22.9 Å². The van der Waals surface area contributed by atoms with Crippen LogP contribution in [0.25, 0.3) is 0 Å². The first kappa shape index (κ1) is 12.8. The van der Waals surface area contributed by atoms with Gasteiger partial charge < -0.3 is 15.2 Å². The number of carbonyl (C=O) groups excluding carboxylic acids is 1. The zero-order chi connectivity index (χ0) is 12.3. The molecule has 0 unspecified atom stereocenters. The predicted octanol–water partition coefficient (Wildman–Crippen LogP) is 0.671.